The summed E-state index contributed by atoms with van der Waals surface area (Å²) in [5, 5.41) is 0. The Kier molecular flexibility index (Phi) is 14.1. The number of rotatable bonds is 20. The molecule has 38 heavy (non-hydrogen) atoms. The minimum atomic E-state index is -3.93. The molecule has 0 spiro atoms. The molecular formula is C26H36O10S2. The molecule has 0 bridgehead atoms. The van der Waals surface area contributed by atoms with Crippen LogP contribution in [0.2, 0.25) is 0 Å². The fourth-order valence-corrected chi connectivity index (χ4v) is 4.77. The predicted octanol–water partition coefficient (Wildman–Crippen LogP) is 3.04. The molecular weight excluding hydrogens is 536 g/mol. The molecule has 2 aromatic carbocycles. The predicted molar refractivity (Wildman–Crippen MR) is 141 cm³/mol. The van der Waals surface area contributed by atoms with Gasteiger partial charge in [0.2, 0.25) is 0 Å². The van der Waals surface area contributed by atoms with Crippen LogP contribution in [0.15, 0.2) is 71.0 Å². The summed E-state index contributed by atoms with van der Waals surface area (Å²) < 4.78 is 81.0. The minimum Gasteiger partial charge on any atom is -0.377 e. The largest absolute Gasteiger partial charge is 0.377 e. The number of hydrogen-bond donors (Lipinski definition) is 0. The normalized spacial score (nSPS) is 12.9. The standard InChI is InChI=1S/C26H36O10S2/c1-4-13-33-20-24(21-36-38(29,30)26-11-7-23(3)8-12-26)34-18-16-31-14-15-32-17-19-35-37(27,28)25-9-5-22(2)6-10-25/h4-12,24H,1,13-21H2,2-3H3. The van der Waals surface area contributed by atoms with Crippen molar-refractivity contribution in [3.8, 4) is 0 Å². The Balaban J connectivity index is 1.62. The van der Waals surface area contributed by atoms with Crippen molar-refractivity contribution >= 4 is 20.2 Å². The molecule has 0 N–H and O–H groups in total. The van der Waals surface area contributed by atoms with Gasteiger partial charge in [-0.2, -0.15) is 16.8 Å². The molecule has 0 aromatic heterocycles. The first kappa shape index (κ1) is 32.1. The highest BCUT2D eigenvalue weighted by Gasteiger charge is 2.19. The van der Waals surface area contributed by atoms with Crippen LogP contribution in [0.5, 0.6) is 0 Å². The summed E-state index contributed by atoms with van der Waals surface area (Å²) in [6.45, 7) is 8.35. The highest BCUT2D eigenvalue weighted by Crippen LogP contribution is 2.14. The Morgan fingerprint density at radius 1 is 0.658 bits per heavy atom. The van der Waals surface area contributed by atoms with E-state index >= 15 is 0 Å². The van der Waals surface area contributed by atoms with E-state index in [9.17, 15) is 16.8 Å². The van der Waals surface area contributed by atoms with Gasteiger partial charge in [-0.3, -0.25) is 8.37 Å². The third-order valence-electron chi connectivity index (χ3n) is 4.99. The second-order valence-corrected chi connectivity index (χ2v) is 11.4. The Bertz CT molecular complexity index is 1160. The Morgan fingerprint density at radius 2 is 1.13 bits per heavy atom. The van der Waals surface area contributed by atoms with E-state index in [0.717, 1.165) is 11.1 Å². The monoisotopic (exact) mass is 572 g/mol. The first-order valence-electron chi connectivity index (χ1n) is 12.0. The third-order valence-corrected chi connectivity index (χ3v) is 7.61. The molecule has 0 saturated carbocycles. The average molecular weight is 573 g/mol. The molecule has 212 valence electrons. The number of aryl methyl sites for hydroxylation is 2. The third kappa shape index (κ3) is 12.1. The number of benzene rings is 2. The topological polar surface area (TPSA) is 124 Å². The van der Waals surface area contributed by atoms with E-state index in [2.05, 4.69) is 6.58 Å². The molecule has 0 aliphatic carbocycles. The van der Waals surface area contributed by atoms with Crippen molar-refractivity contribution in [2.45, 2.75) is 29.7 Å². The maximum absolute atomic E-state index is 12.4. The van der Waals surface area contributed by atoms with E-state index in [1.807, 2.05) is 13.8 Å². The van der Waals surface area contributed by atoms with E-state index < -0.39 is 26.3 Å². The van der Waals surface area contributed by atoms with E-state index in [1.165, 1.54) is 24.3 Å². The van der Waals surface area contributed by atoms with E-state index in [-0.39, 0.29) is 69.3 Å². The van der Waals surface area contributed by atoms with Gasteiger partial charge in [-0.25, -0.2) is 0 Å². The summed E-state index contributed by atoms with van der Waals surface area (Å²) in [6, 6.07) is 12.7. The van der Waals surface area contributed by atoms with Crippen LogP contribution in [0, 0.1) is 13.8 Å². The van der Waals surface area contributed by atoms with Crippen molar-refractivity contribution in [2.24, 2.45) is 0 Å². The van der Waals surface area contributed by atoms with Crippen LogP contribution in [0.1, 0.15) is 11.1 Å². The summed E-state index contributed by atoms with van der Waals surface area (Å²) >= 11 is 0. The van der Waals surface area contributed by atoms with Gasteiger partial charge < -0.3 is 18.9 Å². The van der Waals surface area contributed by atoms with Gasteiger partial charge in [0.15, 0.2) is 0 Å². The van der Waals surface area contributed by atoms with Gasteiger partial charge in [-0.15, -0.1) is 6.58 Å². The zero-order valence-corrected chi connectivity index (χ0v) is 23.4. The summed E-state index contributed by atoms with van der Waals surface area (Å²) in [4.78, 5) is 0.160. The lowest BCUT2D eigenvalue weighted by molar-refractivity contribution is -0.0548. The van der Waals surface area contributed by atoms with Gasteiger partial charge in [-0.05, 0) is 38.1 Å². The summed E-state index contributed by atoms with van der Waals surface area (Å²) in [6.07, 6.45) is 0.940. The van der Waals surface area contributed by atoms with Crippen molar-refractivity contribution in [3.63, 3.8) is 0 Å². The van der Waals surface area contributed by atoms with E-state index in [4.69, 9.17) is 27.3 Å². The molecule has 0 saturated heterocycles. The maximum atomic E-state index is 12.4. The van der Waals surface area contributed by atoms with Crippen molar-refractivity contribution in [3.05, 3.63) is 72.3 Å². The molecule has 0 aliphatic rings. The molecule has 0 radical (unpaired) electrons. The van der Waals surface area contributed by atoms with Crippen LogP contribution in [0.3, 0.4) is 0 Å². The number of ether oxygens (including phenoxy) is 4. The summed E-state index contributed by atoms with van der Waals surface area (Å²) in [7, 11) is -7.75. The molecule has 12 heteroatoms. The fraction of sp³-hybridized carbons (Fsp3) is 0.462. The highest BCUT2D eigenvalue weighted by molar-refractivity contribution is 7.87. The quantitative estimate of drug-likeness (QED) is 0.133. The first-order chi connectivity index (χ1) is 18.1. The SMILES string of the molecule is C=CCOCC(COS(=O)(=O)c1ccc(C)cc1)OCCOCCOCCOS(=O)(=O)c1ccc(C)cc1. The smallest absolute Gasteiger partial charge is 0.297 e. The summed E-state index contributed by atoms with van der Waals surface area (Å²) in [5.74, 6) is 0. The maximum Gasteiger partial charge on any atom is 0.297 e. The molecule has 0 amide bonds. The van der Waals surface area contributed by atoms with Crippen molar-refractivity contribution < 1.29 is 44.1 Å². The zero-order chi connectivity index (χ0) is 27.9. The van der Waals surface area contributed by atoms with Gasteiger partial charge >= 0.3 is 0 Å². The zero-order valence-electron chi connectivity index (χ0n) is 21.7. The molecule has 1 unspecified atom stereocenters. The second-order valence-electron chi connectivity index (χ2n) is 8.18. The Morgan fingerprint density at radius 3 is 1.66 bits per heavy atom. The lowest BCUT2D eigenvalue weighted by Crippen LogP contribution is -2.29. The van der Waals surface area contributed by atoms with Crippen LogP contribution in [0.25, 0.3) is 0 Å². The molecule has 0 fully saturated rings. The van der Waals surface area contributed by atoms with Gasteiger partial charge in [0, 0.05) is 0 Å². The van der Waals surface area contributed by atoms with Crippen LogP contribution < -0.4 is 0 Å². The average Bonchev–Trinajstić information content (AvgIpc) is 2.88. The Labute approximate surface area is 225 Å². The lowest BCUT2D eigenvalue weighted by Gasteiger charge is -2.18. The lowest BCUT2D eigenvalue weighted by atomic mass is 10.2. The van der Waals surface area contributed by atoms with Gasteiger partial charge in [0.1, 0.15) is 6.10 Å². The van der Waals surface area contributed by atoms with Gasteiger partial charge in [0.25, 0.3) is 20.2 Å². The van der Waals surface area contributed by atoms with Crippen LogP contribution in [-0.2, 0) is 47.5 Å². The van der Waals surface area contributed by atoms with Crippen LogP contribution in [0.4, 0.5) is 0 Å². The molecule has 0 aliphatic heterocycles. The molecule has 10 nitrogen and oxygen atoms in total. The number of hydrogen-bond acceptors (Lipinski definition) is 10. The van der Waals surface area contributed by atoms with E-state index in [1.54, 1.807) is 30.3 Å². The van der Waals surface area contributed by atoms with Crippen LogP contribution >= 0.6 is 0 Å². The Hall–Kier alpha value is -2.16. The van der Waals surface area contributed by atoms with Crippen molar-refractivity contribution in [2.75, 3.05) is 59.5 Å². The van der Waals surface area contributed by atoms with Gasteiger partial charge in [-0.1, -0.05) is 41.5 Å². The minimum absolute atomic E-state index is 0.0651. The molecule has 1 atom stereocenters. The summed E-state index contributed by atoms with van der Waals surface area (Å²) in [5.41, 5.74) is 1.89. The molecule has 0 heterocycles. The fourth-order valence-electron chi connectivity index (χ4n) is 2.94. The van der Waals surface area contributed by atoms with Crippen LogP contribution in [-0.4, -0.2) is 82.4 Å². The van der Waals surface area contributed by atoms with Crippen molar-refractivity contribution in [1.29, 1.82) is 0 Å². The molecule has 2 rings (SSSR count). The second kappa shape index (κ2) is 16.7. The highest BCUT2D eigenvalue weighted by atomic mass is 32.2. The first-order valence-corrected chi connectivity index (χ1v) is 14.8. The van der Waals surface area contributed by atoms with E-state index in [0.29, 0.717) is 0 Å². The van der Waals surface area contributed by atoms with Gasteiger partial charge in [0.05, 0.1) is 69.3 Å². The van der Waals surface area contributed by atoms with Crippen molar-refractivity contribution in [1.82, 2.24) is 0 Å². The molecule has 2 aromatic rings.